The first-order valence-corrected chi connectivity index (χ1v) is 8.73. The van der Waals surface area contributed by atoms with Crippen molar-refractivity contribution in [3.63, 3.8) is 0 Å². The predicted molar refractivity (Wildman–Crippen MR) is 87.4 cm³/mol. The third kappa shape index (κ3) is 4.45. The van der Waals surface area contributed by atoms with Gasteiger partial charge in [-0.3, -0.25) is 9.59 Å². The van der Waals surface area contributed by atoms with Gasteiger partial charge in [0.2, 0.25) is 11.8 Å². The van der Waals surface area contributed by atoms with Gasteiger partial charge in [-0.25, -0.2) is 0 Å². The number of hydrogen-bond acceptors (Lipinski definition) is 3. The van der Waals surface area contributed by atoms with E-state index in [-0.39, 0.29) is 17.2 Å². The molecular weight excluding hydrogens is 278 g/mol. The molecule has 0 aromatic rings. The number of rotatable bonds is 6. The molecular formula is C17H31N3O2. The van der Waals surface area contributed by atoms with Crippen LogP contribution in [0.3, 0.4) is 0 Å². The fraction of sp³-hybridized carbons (Fsp3) is 0.882. The fourth-order valence-electron chi connectivity index (χ4n) is 3.85. The zero-order valence-electron chi connectivity index (χ0n) is 14.1. The van der Waals surface area contributed by atoms with Gasteiger partial charge in [0.1, 0.15) is 0 Å². The van der Waals surface area contributed by atoms with Crippen LogP contribution in [0.4, 0.5) is 0 Å². The average Bonchev–Trinajstić information content (AvgIpc) is 3.01. The Kier molecular flexibility index (Phi) is 6.24. The van der Waals surface area contributed by atoms with Gasteiger partial charge >= 0.3 is 0 Å². The molecule has 0 radical (unpaired) electrons. The minimum atomic E-state index is -0.353. The van der Waals surface area contributed by atoms with E-state index in [4.69, 9.17) is 0 Å². The first kappa shape index (κ1) is 17.3. The smallest absolute Gasteiger partial charge is 0.230 e. The summed E-state index contributed by atoms with van der Waals surface area (Å²) in [6.07, 6.45) is 7.90. The van der Waals surface area contributed by atoms with Gasteiger partial charge in [0.15, 0.2) is 0 Å². The Morgan fingerprint density at radius 1 is 1.18 bits per heavy atom. The lowest BCUT2D eigenvalue weighted by Gasteiger charge is -2.31. The third-order valence-corrected chi connectivity index (χ3v) is 5.28. The summed E-state index contributed by atoms with van der Waals surface area (Å²) in [5.74, 6) is 0.955. The van der Waals surface area contributed by atoms with Gasteiger partial charge in [-0.05, 0) is 51.1 Å². The van der Waals surface area contributed by atoms with Crippen molar-refractivity contribution >= 4 is 11.8 Å². The minimum absolute atomic E-state index is 0.108. The Balaban J connectivity index is 1.76. The van der Waals surface area contributed by atoms with E-state index in [1.54, 1.807) is 19.0 Å². The van der Waals surface area contributed by atoms with Crippen molar-refractivity contribution in [2.45, 2.75) is 51.4 Å². The standard InChI is InChI=1S/C17H31N3O2/c1-20(2)16(22)17(9-3-4-10-17)13-19-15(21)6-5-14-7-11-18-12-8-14/h14,18H,3-13H2,1-2H3,(H,19,21). The topological polar surface area (TPSA) is 61.4 Å². The molecule has 2 aliphatic rings. The first-order chi connectivity index (χ1) is 10.5. The molecule has 1 aliphatic heterocycles. The Labute approximate surface area is 134 Å². The van der Waals surface area contributed by atoms with Crippen molar-refractivity contribution in [1.29, 1.82) is 0 Å². The van der Waals surface area contributed by atoms with Crippen LogP contribution in [0.15, 0.2) is 0 Å². The summed E-state index contributed by atoms with van der Waals surface area (Å²) < 4.78 is 0. The molecule has 0 unspecified atom stereocenters. The number of carbonyl (C=O) groups is 2. The van der Waals surface area contributed by atoms with Crippen molar-refractivity contribution in [2.24, 2.45) is 11.3 Å². The van der Waals surface area contributed by atoms with Crippen LogP contribution in [0.25, 0.3) is 0 Å². The van der Waals surface area contributed by atoms with Gasteiger partial charge in [-0.2, -0.15) is 0 Å². The Morgan fingerprint density at radius 3 is 2.41 bits per heavy atom. The molecule has 0 aromatic heterocycles. The van der Waals surface area contributed by atoms with Gasteiger partial charge in [0.05, 0.1) is 5.41 Å². The van der Waals surface area contributed by atoms with Crippen LogP contribution < -0.4 is 10.6 Å². The van der Waals surface area contributed by atoms with E-state index in [9.17, 15) is 9.59 Å². The minimum Gasteiger partial charge on any atom is -0.355 e. The zero-order valence-corrected chi connectivity index (χ0v) is 14.1. The van der Waals surface area contributed by atoms with Gasteiger partial charge in [0.25, 0.3) is 0 Å². The maximum absolute atomic E-state index is 12.5. The van der Waals surface area contributed by atoms with Gasteiger partial charge in [-0.15, -0.1) is 0 Å². The predicted octanol–water partition coefficient (Wildman–Crippen LogP) is 1.53. The molecule has 0 atom stereocenters. The molecule has 126 valence electrons. The first-order valence-electron chi connectivity index (χ1n) is 8.73. The van der Waals surface area contributed by atoms with E-state index in [0.29, 0.717) is 18.9 Å². The molecule has 5 heteroatoms. The highest BCUT2D eigenvalue weighted by Gasteiger charge is 2.42. The summed E-state index contributed by atoms with van der Waals surface area (Å²) >= 11 is 0. The summed E-state index contributed by atoms with van der Waals surface area (Å²) in [7, 11) is 3.61. The molecule has 1 heterocycles. The summed E-state index contributed by atoms with van der Waals surface area (Å²) in [5, 5.41) is 6.39. The molecule has 1 aliphatic carbocycles. The van der Waals surface area contributed by atoms with Gasteiger partial charge < -0.3 is 15.5 Å². The summed E-state index contributed by atoms with van der Waals surface area (Å²) in [6.45, 7) is 2.66. The largest absolute Gasteiger partial charge is 0.355 e. The Hall–Kier alpha value is -1.10. The number of nitrogens with one attached hydrogen (secondary N) is 2. The summed E-state index contributed by atoms with van der Waals surface area (Å²) in [6, 6.07) is 0. The SMILES string of the molecule is CN(C)C(=O)C1(CNC(=O)CCC2CCNCC2)CCCC1. The number of hydrogen-bond donors (Lipinski definition) is 2. The Morgan fingerprint density at radius 2 is 1.82 bits per heavy atom. The van der Waals surface area contributed by atoms with Crippen LogP contribution in [0.2, 0.25) is 0 Å². The molecule has 0 aromatic carbocycles. The molecule has 0 spiro atoms. The molecule has 0 bridgehead atoms. The highest BCUT2D eigenvalue weighted by Crippen LogP contribution is 2.38. The second-order valence-corrected chi connectivity index (χ2v) is 7.20. The van der Waals surface area contributed by atoms with Crippen LogP contribution in [0, 0.1) is 11.3 Å². The molecule has 1 saturated carbocycles. The van der Waals surface area contributed by atoms with Crippen LogP contribution in [0.5, 0.6) is 0 Å². The number of piperidine rings is 1. The average molecular weight is 309 g/mol. The Bertz CT molecular complexity index is 383. The van der Waals surface area contributed by atoms with E-state index >= 15 is 0 Å². The molecule has 1 saturated heterocycles. The van der Waals surface area contributed by atoms with E-state index in [2.05, 4.69) is 10.6 Å². The van der Waals surface area contributed by atoms with Crippen LogP contribution in [-0.4, -0.2) is 50.4 Å². The van der Waals surface area contributed by atoms with E-state index in [1.807, 2.05) is 0 Å². The molecule has 22 heavy (non-hydrogen) atoms. The highest BCUT2D eigenvalue weighted by molar-refractivity contribution is 5.84. The van der Waals surface area contributed by atoms with Crippen molar-refractivity contribution in [2.75, 3.05) is 33.7 Å². The van der Waals surface area contributed by atoms with Crippen molar-refractivity contribution in [3.05, 3.63) is 0 Å². The van der Waals surface area contributed by atoms with Gasteiger partial charge in [-0.1, -0.05) is 12.8 Å². The zero-order chi connectivity index (χ0) is 16.0. The van der Waals surface area contributed by atoms with Crippen LogP contribution >= 0.6 is 0 Å². The molecule has 2 fully saturated rings. The molecule has 2 rings (SSSR count). The summed E-state index contributed by atoms with van der Waals surface area (Å²) in [4.78, 5) is 26.3. The molecule has 2 amide bonds. The monoisotopic (exact) mass is 309 g/mol. The van der Waals surface area contributed by atoms with E-state index in [0.717, 1.165) is 45.2 Å². The lowest BCUT2D eigenvalue weighted by molar-refractivity contribution is -0.139. The number of carbonyl (C=O) groups excluding carboxylic acids is 2. The molecule has 5 nitrogen and oxygen atoms in total. The second-order valence-electron chi connectivity index (χ2n) is 7.20. The number of nitrogens with zero attached hydrogens (tertiary/aromatic N) is 1. The van der Waals surface area contributed by atoms with E-state index in [1.165, 1.54) is 12.8 Å². The van der Waals surface area contributed by atoms with Gasteiger partial charge in [0, 0.05) is 27.1 Å². The third-order valence-electron chi connectivity index (χ3n) is 5.28. The fourth-order valence-corrected chi connectivity index (χ4v) is 3.85. The van der Waals surface area contributed by atoms with Crippen molar-refractivity contribution in [3.8, 4) is 0 Å². The lowest BCUT2D eigenvalue weighted by Crippen LogP contribution is -2.46. The highest BCUT2D eigenvalue weighted by atomic mass is 16.2. The summed E-state index contributed by atoms with van der Waals surface area (Å²) in [5.41, 5.74) is -0.353. The van der Waals surface area contributed by atoms with Crippen molar-refractivity contribution in [1.82, 2.24) is 15.5 Å². The van der Waals surface area contributed by atoms with Crippen LogP contribution in [0.1, 0.15) is 51.4 Å². The maximum atomic E-state index is 12.5. The maximum Gasteiger partial charge on any atom is 0.230 e. The van der Waals surface area contributed by atoms with E-state index < -0.39 is 0 Å². The quantitative estimate of drug-likeness (QED) is 0.782. The molecule has 2 N–H and O–H groups in total. The normalized spacial score (nSPS) is 21.5. The lowest BCUT2D eigenvalue weighted by atomic mass is 9.84. The second kappa shape index (κ2) is 7.95. The van der Waals surface area contributed by atoms with Crippen molar-refractivity contribution < 1.29 is 9.59 Å². The van der Waals surface area contributed by atoms with Crippen LogP contribution in [-0.2, 0) is 9.59 Å². The number of amides is 2.